The van der Waals surface area contributed by atoms with Gasteiger partial charge in [0.05, 0.1) is 16.7 Å². The van der Waals surface area contributed by atoms with Crippen LogP contribution in [0.4, 0.5) is 0 Å². The molecule has 1 aromatic heterocycles. The Hall–Kier alpha value is -4.37. The number of aryl methyl sites for hydroxylation is 1. The third-order valence-electron chi connectivity index (χ3n) is 9.52. The van der Waals surface area contributed by atoms with Gasteiger partial charge in [0.2, 0.25) is 0 Å². The van der Waals surface area contributed by atoms with E-state index < -0.39 is 0 Å². The smallest absolute Gasteiger partial charge is 0.139 e. The molecule has 196 valence electrons. The average Bonchev–Trinajstić information content (AvgIpc) is 3.40. The molecule has 0 aliphatic rings. The third-order valence-corrected chi connectivity index (χ3v) is 9.52. The summed E-state index contributed by atoms with van der Waals surface area (Å²) in [5, 5.41) is 5.00. The van der Waals surface area contributed by atoms with Crippen molar-refractivity contribution in [1.29, 1.82) is 0 Å². The van der Waals surface area contributed by atoms with Crippen LogP contribution < -0.4 is 27.3 Å². The molecule has 0 N–H and O–H groups in total. The molecular formula is C35H31B5N2. The van der Waals surface area contributed by atoms with Crippen molar-refractivity contribution in [3.63, 3.8) is 0 Å². The normalized spacial score (nSPS) is 11.5. The standard InChI is InChI=1S/C35H31B5N2/c1-2-27-41-25-14-8-9-15-26(25)42(27)35-22-13-7-6-12-21(22)28(19-10-4-3-5-11-19)24-18-20(16-17-23(24)35)29-30(36)32(38)34(40)33(39)31(29)37/h3-18H,2,36-40H2,1H3. The molecule has 0 aliphatic carbocycles. The van der Waals surface area contributed by atoms with Gasteiger partial charge in [0.25, 0.3) is 0 Å². The van der Waals surface area contributed by atoms with Crippen molar-refractivity contribution < 1.29 is 0 Å². The highest BCUT2D eigenvalue weighted by molar-refractivity contribution is 6.68. The van der Waals surface area contributed by atoms with Crippen LogP contribution in [0.5, 0.6) is 0 Å². The Morgan fingerprint density at radius 2 is 1.14 bits per heavy atom. The van der Waals surface area contributed by atoms with Crippen LogP contribution in [0, 0.1) is 0 Å². The molecule has 1 heterocycles. The predicted octanol–water partition coefficient (Wildman–Crippen LogP) is 0.520. The molecule has 7 rings (SSSR count). The molecule has 7 heteroatoms. The van der Waals surface area contributed by atoms with Gasteiger partial charge in [-0.25, -0.2) is 4.98 Å². The third kappa shape index (κ3) is 3.90. The Kier molecular flexibility index (Phi) is 6.42. The number of benzene rings is 6. The zero-order valence-corrected chi connectivity index (χ0v) is 25.3. The first-order chi connectivity index (χ1) is 20.4. The fourth-order valence-corrected chi connectivity index (χ4v) is 6.96. The molecule has 2 nitrogen and oxygen atoms in total. The van der Waals surface area contributed by atoms with Crippen LogP contribution in [-0.4, -0.2) is 48.8 Å². The molecular weight excluding hydrogens is 502 g/mol. The second-order valence-corrected chi connectivity index (χ2v) is 11.6. The molecule has 0 unspecified atom stereocenters. The van der Waals surface area contributed by atoms with E-state index in [1.807, 2.05) is 0 Å². The van der Waals surface area contributed by atoms with E-state index in [1.54, 1.807) is 0 Å². The highest BCUT2D eigenvalue weighted by Gasteiger charge is 2.22. The SMILES string of the molecule is Bc1c(B)c(B)c(-c2ccc3c(-n4c(CC)nc5ccccc54)c4ccccc4c(-c4ccccc4)c3c2)c(B)c1B. The predicted molar refractivity (Wildman–Crippen MR) is 197 cm³/mol. The van der Waals surface area contributed by atoms with E-state index in [2.05, 4.69) is 148 Å². The largest absolute Gasteiger partial charge is 0.295 e. The van der Waals surface area contributed by atoms with E-state index in [9.17, 15) is 0 Å². The maximum absolute atomic E-state index is 5.08. The maximum Gasteiger partial charge on any atom is 0.139 e. The minimum Gasteiger partial charge on any atom is -0.295 e. The molecule has 0 radical (unpaired) electrons. The number of rotatable bonds is 4. The lowest BCUT2D eigenvalue weighted by Crippen LogP contribution is -2.55. The lowest BCUT2D eigenvalue weighted by molar-refractivity contribution is 0.917. The van der Waals surface area contributed by atoms with Gasteiger partial charge in [-0.15, -0.1) is 16.4 Å². The number of aromatic nitrogens is 2. The molecule has 6 aromatic carbocycles. The van der Waals surface area contributed by atoms with E-state index in [1.165, 1.54) is 76.8 Å². The lowest BCUT2D eigenvalue weighted by atomic mass is 9.59. The second-order valence-electron chi connectivity index (χ2n) is 11.6. The van der Waals surface area contributed by atoms with Crippen molar-refractivity contribution in [3.05, 3.63) is 103 Å². The molecule has 0 fully saturated rings. The Labute approximate surface area is 252 Å². The first-order valence-electron chi connectivity index (χ1n) is 15.0. The van der Waals surface area contributed by atoms with Gasteiger partial charge in [0.1, 0.15) is 45.1 Å². The zero-order valence-electron chi connectivity index (χ0n) is 25.3. The van der Waals surface area contributed by atoms with E-state index in [-0.39, 0.29) is 0 Å². The van der Waals surface area contributed by atoms with Crippen molar-refractivity contribution in [2.24, 2.45) is 0 Å². The van der Waals surface area contributed by atoms with Crippen LogP contribution in [0.1, 0.15) is 12.7 Å². The molecule has 0 spiro atoms. The molecule has 0 saturated heterocycles. The van der Waals surface area contributed by atoms with Crippen LogP contribution in [0.3, 0.4) is 0 Å². The Morgan fingerprint density at radius 3 is 1.86 bits per heavy atom. The summed E-state index contributed by atoms with van der Waals surface area (Å²) in [6, 6.07) is 35.4. The monoisotopic (exact) mass is 534 g/mol. The van der Waals surface area contributed by atoms with Gasteiger partial charge in [0.15, 0.2) is 0 Å². The highest BCUT2D eigenvalue weighted by atomic mass is 15.1. The van der Waals surface area contributed by atoms with Gasteiger partial charge in [0, 0.05) is 17.2 Å². The van der Waals surface area contributed by atoms with Crippen LogP contribution in [0.2, 0.25) is 0 Å². The van der Waals surface area contributed by atoms with Crippen molar-refractivity contribution >= 4 is 99.1 Å². The Bertz CT molecular complexity index is 2160. The second kappa shape index (κ2) is 10.2. The summed E-state index contributed by atoms with van der Waals surface area (Å²) in [5.74, 6) is 1.08. The number of hydrogen-bond donors (Lipinski definition) is 0. The van der Waals surface area contributed by atoms with Crippen molar-refractivity contribution in [2.45, 2.75) is 13.3 Å². The zero-order chi connectivity index (χ0) is 29.1. The van der Waals surface area contributed by atoms with Crippen molar-refractivity contribution in [3.8, 4) is 27.9 Å². The number of fused-ring (bicyclic) bond motifs is 3. The van der Waals surface area contributed by atoms with Gasteiger partial charge in [-0.3, -0.25) is 4.57 Å². The number of imidazole rings is 1. The van der Waals surface area contributed by atoms with Crippen LogP contribution in [-0.2, 0) is 6.42 Å². The summed E-state index contributed by atoms with van der Waals surface area (Å²) in [6.45, 7) is 2.20. The molecule has 7 aromatic rings. The summed E-state index contributed by atoms with van der Waals surface area (Å²) < 4.78 is 2.41. The Balaban J connectivity index is 1.68. The van der Waals surface area contributed by atoms with Gasteiger partial charge < -0.3 is 0 Å². The fourth-order valence-electron chi connectivity index (χ4n) is 6.96. The van der Waals surface area contributed by atoms with E-state index in [0.717, 1.165) is 23.3 Å². The highest BCUT2D eigenvalue weighted by Crippen LogP contribution is 2.43. The first kappa shape index (κ1) is 26.5. The van der Waals surface area contributed by atoms with Crippen molar-refractivity contribution in [2.75, 3.05) is 0 Å². The number of nitrogens with zero attached hydrogens (tertiary/aromatic N) is 2. The van der Waals surface area contributed by atoms with Crippen LogP contribution in [0.25, 0.3) is 60.5 Å². The summed E-state index contributed by atoms with van der Waals surface area (Å²) in [5.41, 5.74) is 15.4. The van der Waals surface area contributed by atoms with Gasteiger partial charge >= 0.3 is 0 Å². The summed E-state index contributed by atoms with van der Waals surface area (Å²) in [7, 11) is 11.3. The van der Waals surface area contributed by atoms with Gasteiger partial charge in [-0.05, 0) is 51.2 Å². The van der Waals surface area contributed by atoms with Crippen molar-refractivity contribution in [1.82, 2.24) is 9.55 Å². The fraction of sp³-hybridized carbons (Fsp3) is 0.0571. The van der Waals surface area contributed by atoms with E-state index in [0.29, 0.717) is 0 Å². The van der Waals surface area contributed by atoms with E-state index >= 15 is 0 Å². The molecule has 0 amide bonds. The minimum atomic E-state index is 0.851. The minimum absolute atomic E-state index is 0.851. The van der Waals surface area contributed by atoms with Gasteiger partial charge in [-0.1, -0.05) is 96.7 Å². The molecule has 0 bridgehead atoms. The van der Waals surface area contributed by atoms with Crippen LogP contribution >= 0.6 is 0 Å². The van der Waals surface area contributed by atoms with Gasteiger partial charge in [-0.2, -0.15) is 0 Å². The summed E-state index contributed by atoms with van der Waals surface area (Å²) in [6.07, 6.45) is 0.851. The van der Waals surface area contributed by atoms with Crippen LogP contribution in [0.15, 0.2) is 97.1 Å². The molecule has 0 saturated carbocycles. The molecule has 0 aliphatic heterocycles. The average molecular weight is 534 g/mol. The molecule has 42 heavy (non-hydrogen) atoms. The quantitative estimate of drug-likeness (QED) is 0.238. The lowest BCUT2D eigenvalue weighted by Gasteiger charge is -2.23. The number of hydrogen-bond acceptors (Lipinski definition) is 1. The Morgan fingerprint density at radius 1 is 0.548 bits per heavy atom. The first-order valence-corrected chi connectivity index (χ1v) is 15.0. The summed E-state index contributed by atoms with van der Waals surface area (Å²) >= 11 is 0. The van der Waals surface area contributed by atoms with E-state index in [4.69, 9.17) is 4.98 Å². The number of para-hydroxylation sites is 2. The maximum atomic E-state index is 5.08. The molecule has 0 atom stereocenters. The summed E-state index contributed by atoms with van der Waals surface area (Å²) in [4.78, 5) is 5.08. The topological polar surface area (TPSA) is 17.8 Å².